The van der Waals surface area contributed by atoms with E-state index in [1.807, 2.05) is 0 Å². The van der Waals surface area contributed by atoms with Crippen molar-refractivity contribution in [1.82, 2.24) is 4.98 Å². The molecule has 0 aliphatic rings. The molecule has 1 rings (SSSR count). The van der Waals surface area contributed by atoms with Crippen LogP contribution in [0.3, 0.4) is 0 Å². The third-order valence-corrected chi connectivity index (χ3v) is 2.43. The second kappa shape index (κ2) is 6.00. The van der Waals surface area contributed by atoms with Crippen molar-refractivity contribution in [1.29, 1.82) is 0 Å². The van der Waals surface area contributed by atoms with Crippen molar-refractivity contribution in [2.24, 2.45) is 0 Å². The Hall–Kier alpha value is -2.29. The number of ether oxygens (including phenoxy) is 1. The molecule has 2 N–H and O–H groups in total. The Balaban J connectivity index is 3.54. The Morgan fingerprint density at radius 2 is 1.86 bits per heavy atom. The van der Waals surface area contributed by atoms with Gasteiger partial charge in [-0.15, -0.1) is 0 Å². The number of carbonyl (C=O) groups is 2. The second-order valence-electron chi connectivity index (χ2n) is 3.55. The van der Waals surface area contributed by atoms with E-state index in [-0.39, 0.29) is 0 Å². The minimum absolute atomic E-state index is 0.532. The Bertz CT molecular complexity index is 627. The summed E-state index contributed by atoms with van der Waals surface area (Å²) < 4.78 is 42.6. The number of carboxylic acid groups (broad SMARTS) is 1. The summed E-state index contributed by atoms with van der Waals surface area (Å²) in [5.41, 5.74) is -4.09. The number of pyridine rings is 1. The van der Waals surface area contributed by atoms with Crippen LogP contribution in [0.5, 0.6) is 0 Å². The quantitative estimate of drug-likeness (QED) is 0.220. The Kier molecular flexibility index (Phi) is 4.79. The lowest BCUT2D eigenvalue weighted by Crippen LogP contribution is -2.21. The minimum atomic E-state index is -5.04. The smallest absolute Gasteiger partial charge is 0.434 e. The Labute approximate surface area is 120 Å². The number of aromatic nitrogens is 1. The van der Waals surface area contributed by atoms with Gasteiger partial charge in [-0.25, -0.2) is 9.78 Å². The molecular formula is C11H7ClF3NO5. The van der Waals surface area contributed by atoms with E-state index >= 15 is 0 Å². The highest BCUT2D eigenvalue weighted by atomic mass is 35.5. The summed E-state index contributed by atoms with van der Waals surface area (Å²) in [5, 5.41) is 17.5. The van der Waals surface area contributed by atoms with Crippen LogP contribution >= 0.6 is 11.6 Å². The molecule has 1 heterocycles. The molecule has 0 unspecified atom stereocenters. The van der Waals surface area contributed by atoms with Crippen molar-refractivity contribution >= 4 is 23.4 Å². The molecule has 0 saturated heterocycles. The SMILES string of the molecule is COC(O)=C(C(=O)O)C(=O)c1ccc(Cl)nc1C(F)(F)F. The van der Waals surface area contributed by atoms with Crippen LogP contribution in [0.4, 0.5) is 13.2 Å². The molecule has 0 amide bonds. The summed E-state index contributed by atoms with van der Waals surface area (Å²) in [6.07, 6.45) is -5.04. The number of carboxylic acids is 1. The highest BCUT2D eigenvalue weighted by Crippen LogP contribution is 2.32. The molecule has 0 saturated carbocycles. The van der Waals surface area contributed by atoms with Crippen LogP contribution in [-0.2, 0) is 15.7 Å². The van der Waals surface area contributed by atoms with Crippen LogP contribution in [0.15, 0.2) is 23.7 Å². The normalized spacial score (nSPS) is 12.6. The lowest BCUT2D eigenvalue weighted by Gasteiger charge is -2.12. The fraction of sp³-hybridized carbons (Fsp3) is 0.182. The summed E-state index contributed by atoms with van der Waals surface area (Å²) in [5.74, 6) is -4.89. The van der Waals surface area contributed by atoms with E-state index in [0.717, 1.165) is 13.2 Å². The zero-order valence-electron chi connectivity index (χ0n) is 10.2. The standard InChI is InChI=1S/C11H7ClF3NO5/c1-21-10(20)6(9(18)19)7(17)4-2-3-5(12)16-8(4)11(13,14)15/h2-3,20H,1H3,(H,18,19). The lowest BCUT2D eigenvalue weighted by molar-refractivity contribution is -0.141. The molecule has 0 spiro atoms. The first-order chi connectivity index (χ1) is 9.59. The zero-order chi connectivity index (χ0) is 16.4. The Morgan fingerprint density at radius 1 is 1.29 bits per heavy atom. The molecule has 0 fully saturated rings. The van der Waals surface area contributed by atoms with Gasteiger partial charge >= 0.3 is 12.1 Å². The number of rotatable bonds is 4. The van der Waals surface area contributed by atoms with E-state index in [0.29, 0.717) is 6.07 Å². The average Bonchev–Trinajstić information content (AvgIpc) is 2.36. The molecule has 0 radical (unpaired) electrons. The summed E-state index contributed by atoms with van der Waals surface area (Å²) in [6, 6.07) is 1.54. The summed E-state index contributed by atoms with van der Waals surface area (Å²) in [4.78, 5) is 25.8. The van der Waals surface area contributed by atoms with Crippen molar-refractivity contribution in [3.8, 4) is 0 Å². The van der Waals surface area contributed by atoms with Crippen molar-refractivity contribution in [3.63, 3.8) is 0 Å². The van der Waals surface area contributed by atoms with E-state index in [1.165, 1.54) is 0 Å². The molecule has 0 atom stereocenters. The van der Waals surface area contributed by atoms with Gasteiger partial charge in [0.1, 0.15) is 5.15 Å². The number of halogens is 4. The van der Waals surface area contributed by atoms with Gasteiger partial charge in [-0.1, -0.05) is 11.6 Å². The molecule has 21 heavy (non-hydrogen) atoms. The molecule has 0 aromatic carbocycles. The van der Waals surface area contributed by atoms with Gasteiger partial charge < -0.3 is 14.9 Å². The number of nitrogens with zero attached hydrogens (tertiary/aromatic N) is 1. The van der Waals surface area contributed by atoms with Crippen molar-refractivity contribution < 1.29 is 37.7 Å². The van der Waals surface area contributed by atoms with Gasteiger partial charge in [0.15, 0.2) is 11.3 Å². The monoisotopic (exact) mass is 325 g/mol. The third kappa shape index (κ3) is 3.63. The average molecular weight is 326 g/mol. The number of aliphatic hydroxyl groups excluding tert-OH is 1. The fourth-order valence-electron chi connectivity index (χ4n) is 1.36. The van der Waals surface area contributed by atoms with Crippen molar-refractivity contribution in [2.45, 2.75) is 6.18 Å². The first-order valence-corrected chi connectivity index (χ1v) is 5.46. The highest BCUT2D eigenvalue weighted by molar-refractivity contribution is 6.30. The Morgan fingerprint density at radius 3 is 2.29 bits per heavy atom. The van der Waals surface area contributed by atoms with Crippen LogP contribution in [0.25, 0.3) is 0 Å². The molecule has 10 heteroatoms. The predicted molar refractivity (Wildman–Crippen MR) is 62.9 cm³/mol. The number of ketones is 1. The van der Waals surface area contributed by atoms with Crippen LogP contribution in [0, 0.1) is 0 Å². The number of alkyl halides is 3. The van der Waals surface area contributed by atoms with E-state index in [4.69, 9.17) is 16.7 Å². The molecule has 0 aliphatic heterocycles. The zero-order valence-corrected chi connectivity index (χ0v) is 11.0. The second-order valence-corrected chi connectivity index (χ2v) is 3.93. The first kappa shape index (κ1) is 16.8. The van der Waals surface area contributed by atoms with Gasteiger partial charge in [0, 0.05) is 0 Å². The maximum atomic E-state index is 12.8. The predicted octanol–water partition coefficient (Wildman–Crippen LogP) is 2.44. The molecular weight excluding hydrogens is 319 g/mol. The van der Waals surface area contributed by atoms with Crippen LogP contribution in [-0.4, -0.2) is 34.1 Å². The number of Topliss-reactive ketones (excluding diaryl/α,β-unsaturated/α-hetero) is 1. The molecule has 0 aliphatic carbocycles. The van der Waals surface area contributed by atoms with E-state index < -0.39 is 45.9 Å². The largest absolute Gasteiger partial charge is 0.480 e. The van der Waals surface area contributed by atoms with E-state index in [9.17, 15) is 27.9 Å². The maximum absolute atomic E-state index is 12.8. The summed E-state index contributed by atoms with van der Waals surface area (Å²) in [7, 11) is 0.844. The van der Waals surface area contributed by atoms with Crippen LogP contribution < -0.4 is 0 Å². The van der Waals surface area contributed by atoms with Gasteiger partial charge in [0.25, 0.3) is 5.95 Å². The fourth-order valence-corrected chi connectivity index (χ4v) is 1.50. The molecule has 1 aromatic rings. The topological polar surface area (TPSA) is 96.7 Å². The van der Waals surface area contributed by atoms with E-state index in [1.54, 1.807) is 0 Å². The number of hydrogen-bond acceptors (Lipinski definition) is 5. The van der Waals surface area contributed by atoms with E-state index in [2.05, 4.69) is 9.72 Å². The summed E-state index contributed by atoms with van der Waals surface area (Å²) in [6.45, 7) is 0. The van der Waals surface area contributed by atoms with Crippen LogP contribution in [0.2, 0.25) is 5.15 Å². The minimum Gasteiger partial charge on any atom is -0.480 e. The van der Waals surface area contributed by atoms with Gasteiger partial charge in [-0.2, -0.15) is 13.2 Å². The lowest BCUT2D eigenvalue weighted by atomic mass is 10.0. The third-order valence-electron chi connectivity index (χ3n) is 2.22. The summed E-state index contributed by atoms with van der Waals surface area (Å²) >= 11 is 5.33. The van der Waals surface area contributed by atoms with Crippen molar-refractivity contribution in [2.75, 3.05) is 7.11 Å². The molecule has 0 bridgehead atoms. The number of hydrogen-bond donors (Lipinski definition) is 2. The van der Waals surface area contributed by atoms with Gasteiger partial charge in [-0.3, -0.25) is 4.79 Å². The number of methoxy groups -OCH3 is 1. The van der Waals surface area contributed by atoms with Crippen molar-refractivity contribution in [3.05, 3.63) is 40.1 Å². The number of aliphatic hydroxyl groups is 1. The highest BCUT2D eigenvalue weighted by Gasteiger charge is 2.39. The first-order valence-electron chi connectivity index (χ1n) is 5.08. The van der Waals surface area contributed by atoms with Gasteiger partial charge in [0.05, 0.1) is 12.7 Å². The molecule has 1 aromatic heterocycles. The van der Waals surface area contributed by atoms with Gasteiger partial charge in [-0.05, 0) is 12.1 Å². The molecule has 114 valence electrons. The number of aliphatic carboxylic acids is 1. The maximum Gasteiger partial charge on any atom is 0.434 e. The molecule has 6 nitrogen and oxygen atoms in total. The van der Waals surface area contributed by atoms with Crippen LogP contribution in [0.1, 0.15) is 16.1 Å². The van der Waals surface area contributed by atoms with Gasteiger partial charge in [0.2, 0.25) is 5.78 Å². The number of carbonyl (C=O) groups excluding carboxylic acids is 1.